The number of hydrogen-bond acceptors (Lipinski definition) is 3. The van der Waals surface area contributed by atoms with E-state index < -0.39 is 17.6 Å². The summed E-state index contributed by atoms with van der Waals surface area (Å²) in [6.45, 7) is 5.47. The van der Waals surface area contributed by atoms with Crippen LogP contribution in [0.25, 0.3) is 0 Å². The Hall–Kier alpha value is -1.84. The maximum absolute atomic E-state index is 12.3. The number of benzene rings is 1. The molecule has 0 aliphatic rings. The number of rotatable bonds is 3. The first-order valence-corrected chi connectivity index (χ1v) is 5.80. The fourth-order valence-corrected chi connectivity index (χ4v) is 1.56. The maximum Gasteiger partial charge on any atom is 0.407 e. The van der Waals surface area contributed by atoms with Gasteiger partial charge in [0.2, 0.25) is 0 Å². The van der Waals surface area contributed by atoms with Crippen molar-refractivity contribution in [1.82, 2.24) is 5.32 Å². The number of ketones is 1. The SMILES string of the molecule is COC(=O)NC(C(=O)C(C)(C)C)c1ccccc1. The Labute approximate surface area is 107 Å². The van der Waals surface area contributed by atoms with E-state index in [-0.39, 0.29) is 5.78 Å². The molecule has 0 saturated carbocycles. The van der Waals surface area contributed by atoms with E-state index in [4.69, 9.17) is 0 Å². The largest absolute Gasteiger partial charge is 0.453 e. The third-order valence-corrected chi connectivity index (χ3v) is 2.58. The molecule has 0 heterocycles. The molecule has 0 bridgehead atoms. The Morgan fingerprint density at radius 3 is 2.17 bits per heavy atom. The first kappa shape index (κ1) is 14.2. The number of Topliss-reactive ketones (excluding diaryl/α,β-unsaturated/α-hetero) is 1. The average molecular weight is 249 g/mol. The molecule has 0 aliphatic carbocycles. The molecule has 0 spiro atoms. The molecule has 0 saturated heterocycles. The van der Waals surface area contributed by atoms with Crippen LogP contribution in [-0.4, -0.2) is 19.0 Å². The Kier molecular flexibility index (Phi) is 4.48. The number of nitrogens with one attached hydrogen (secondary N) is 1. The van der Waals surface area contributed by atoms with Gasteiger partial charge in [0.05, 0.1) is 7.11 Å². The van der Waals surface area contributed by atoms with E-state index in [1.807, 2.05) is 51.1 Å². The third kappa shape index (κ3) is 3.58. The number of ether oxygens (including phenoxy) is 1. The van der Waals surface area contributed by atoms with Crippen LogP contribution in [0.3, 0.4) is 0 Å². The van der Waals surface area contributed by atoms with Crippen LogP contribution in [0.1, 0.15) is 32.4 Å². The van der Waals surface area contributed by atoms with Crippen LogP contribution in [0.15, 0.2) is 30.3 Å². The molecule has 1 aromatic rings. The van der Waals surface area contributed by atoms with Crippen molar-refractivity contribution >= 4 is 11.9 Å². The molecule has 4 nitrogen and oxygen atoms in total. The highest BCUT2D eigenvalue weighted by atomic mass is 16.5. The Morgan fingerprint density at radius 1 is 1.17 bits per heavy atom. The van der Waals surface area contributed by atoms with Gasteiger partial charge in [-0.15, -0.1) is 0 Å². The van der Waals surface area contributed by atoms with Crippen molar-refractivity contribution in [2.45, 2.75) is 26.8 Å². The first-order valence-electron chi connectivity index (χ1n) is 5.80. The lowest BCUT2D eigenvalue weighted by molar-refractivity contribution is -0.128. The van der Waals surface area contributed by atoms with Crippen molar-refractivity contribution in [3.63, 3.8) is 0 Å². The highest BCUT2D eigenvalue weighted by molar-refractivity contribution is 5.92. The highest BCUT2D eigenvalue weighted by Crippen LogP contribution is 2.25. The van der Waals surface area contributed by atoms with Crippen LogP contribution in [0.5, 0.6) is 0 Å². The number of carbonyl (C=O) groups is 2. The van der Waals surface area contributed by atoms with Crippen molar-refractivity contribution in [3.8, 4) is 0 Å². The van der Waals surface area contributed by atoms with Gasteiger partial charge in [0.15, 0.2) is 5.78 Å². The Balaban J connectivity index is 3.04. The van der Waals surface area contributed by atoms with Crippen LogP contribution in [-0.2, 0) is 9.53 Å². The minimum Gasteiger partial charge on any atom is -0.453 e. The zero-order valence-electron chi connectivity index (χ0n) is 11.2. The summed E-state index contributed by atoms with van der Waals surface area (Å²) in [5, 5.41) is 2.58. The van der Waals surface area contributed by atoms with Crippen molar-refractivity contribution < 1.29 is 14.3 Å². The summed E-state index contributed by atoms with van der Waals surface area (Å²) < 4.78 is 4.56. The predicted octanol–water partition coefficient (Wildman–Crippen LogP) is 2.70. The van der Waals surface area contributed by atoms with E-state index >= 15 is 0 Å². The number of hydrogen-bond donors (Lipinski definition) is 1. The van der Waals surface area contributed by atoms with Crippen LogP contribution >= 0.6 is 0 Å². The molecule has 0 aliphatic heterocycles. The quantitative estimate of drug-likeness (QED) is 0.896. The molecule has 0 radical (unpaired) electrons. The molecule has 0 fully saturated rings. The van der Waals surface area contributed by atoms with Gasteiger partial charge in [-0.25, -0.2) is 4.79 Å². The molecular formula is C14H19NO3. The summed E-state index contributed by atoms with van der Waals surface area (Å²) in [4.78, 5) is 23.7. The van der Waals surface area contributed by atoms with Crippen LogP contribution in [0, 0.1) is 5.41 Å². The van der Waals surface area contributed by atoms with Crippen LogP contribution in [0.2, 0.25) is 0 Å². The zero-order chi connectivity index (χ0) is 13.8. The minimum atomic E-state index is -0.682. The van der Waals surface area contributed by atoms with Gasteiger partial charge in [0.25, 0.3) is 0 Å². The molecule has 1 N–H and O–H groups in total. The number of amides is 1. The fraction of sp³-hybridized carbons (Fsp3) is 0.429. The van der Waals surface area contributed by atoms with E-state index in [1.54, 1.807) is 0 Å². The summed E-state index contributed by atoms with van der Waals surface area (Å²) in [6, 6.07) is 8.46. The summed E-state index contributed by atoms with van der Waals surface area (Å²) in [5.41, 5.74) is 0.212. The summed E-state index contributed by atoms with van der Waals surface area (Å²) in [5.74, 6) is -0.0564. The van der Waals surface area contributed by atoms with Gasteiger partial charge >= 0.3 is 6.09 Å². The van der Waals surface area contributed by atoms with E-state index in [9.17, 15) is 9.59 Å². The standard InChI is InChI=1S/C14H19NO3/c1-14(2,3)12(16)11(15-13(17)18-4)10-8-6-5-7-9-10/h5-9,11H,1-4H3,(H,15,17). The van der Waals surface area contributed by atoms with Crippen LogP contribution < -0.4 is 5.32 Å². The molecular weight excluding hydrogens is 230 g/mol. The van der Waals surface area contributed by atoms with Gasteiger partial charge in [-0.3, -0.25) is 4.79 Å². The van der Waals surface area contributed by atoms with E-state index in [0.29, 0.717) is 0 Å². The van der Waals surface area contributed by atoms with Gasteiger partial charge < -0.3 is 10.1 Å². The lowest BCUT2D eigenvalue weighted by Crippen LogP contribution is -2.39. The molecule has 1 atom stereocenters. The normalized spacial score (nSPS) is 12.7. The molecule has 1 rings (SSSR count). The predicted molar refractivity (Wildman–Crippen MR) is 69.2 cm³/mol. The molecule has 1 unspecified atom stereocenters. The van der Waals surface area contributed by atoms with E-state index in [1.165, 1.54) is 7.11 Å². The lowest BCUT2D eigenvalue weighted by atomic mass is 9.84. The molecule has 1 aromatic carbocycles. The van der Waals surface area contributed by atoms with Crippen molar-refractivity contribution in [3.05, 3.63) is 35.9 Å². The highest BCUT2D eigenvalue weighted by Gasteiger charge is 2.31. The monoisotopic (exact) mass is 249 g/mol. The molecule has 98 valence electrons. The Morgan fingerprint density at radius 2 is 1.72 bits per heavy atom. The van der Waals surface area contributed by atoms with Crippen molar-refractivity contribution in [2.24, 2.45) is 5.41 Å². The maximum atomic E-state index is 12.3. The minimum absolute atomic E-state index is 0.0564. The third-order valence-electron chi connectivity index (χ3n) is 2.58. The average Bonchev–Trinajstić information content (AvgIpc) is 2.34. The van der Waals surface area contributed by atoms with Gasteiger partial charge in [0, 0.05) is 5.41 Å². The van der Waals surface area contributed by atoms with Gasteiger partial charge in [-0.2, -0.15) is 0 Å². The second-order valence-corrected chi connectivity index (χ2v) is 5.09. The van der Waals surface area contributed by atoms with Crippen LogP contribution in [0.4, 0.5) is 4.79 Å². The van der Waals surface area contributed by atoms with Gasteiger partial charge in [-0.1, -0.05) is 51.1 Å². The van der Waals surface area contributed by atoms with E-state index in [2.05, 4.69) is 10.1 Å². The summed E-state index contributed by atoms with van der Waals surface area (Å²) in [7, 11) is 1.28. The molecule has 4 heteroatoms. The second kappa shape index (κ2) is 5.67. The van der Waals surface area contributed by atoms with Gasteiger partial charge in [0.1, 0.15) is 6.04 Å². The molecule has 0 aromatic heterocycles. The van der Waals surface area contributed by atoms with Crippen molar-refractivity contribution in [2.75, 3.05) is 7.11 Å². The summed E-state index contributed by atoms with van der Waals surface area (Å²) in [6.07, 6.45) is -0.610. The van der Waals surface area contributed by atoms with E-state index in [0.717, 1.165) is 5.56 Å². The summed E-state index contributed by atoms with van der Waals surface area (Å²) >= 11 is 0. The van der Waals surface area contributed by atoms with Crippen molar-refractivity contribution in [1.29, 1.82) is 0 Å². The molecule has 18 heavy (non-hydrogen) atoms. The smallest absolute Gasteiger partial charge is 0.407 e. The second-order valence-electron chi connectivity index (χ2n) is 5.09. The van der Waals surface area contributed by atoms with Gasteiger partial charge in [-0.05, 0) is 5.56 Å². The lowest BCUT2D eigenvalue weighted by Gasteiger charge is -2.25. The number of methoxy groups -OCH3 is 1. The number of alkyl carbamates (subject to hydrolysis) is 1. The Bertz CT molecular complexity index is 420. The topological polar surface area (TPSA) is 55.4 Å². The molecule has 1 amide bonds. The zero-order valence-corrected chi connectivity index (χ0v) is 11.2. The fourth-order valence-electron chi connectivity index (χ4n) is 1.56. The number of carbonyl (C=O) groups excluding carboxylic acids is 2. The first-order chi connectivity index (χ1) is 8.36.